The molecule has 1 atom stereocenters. The van der Waals surface area contributed by atoms with Crippen LogP contribution >= 0.6 is 0 Å². The third kappa shape index (κ3) is 15.4. The first-order valence-corrected chi connectivity index (χ1v) is 13.0. The molecule has 0 bridgehead atoms. The van der Waals surface area contributed by atoms with Gasteiger partial charge < -0.3 is 15.2 Å². The van der Waals surface area contributed by atoms with Gasteiger partial charge in [0.05, 0.1) is 19.6 Å². The van der Waals surface area contributed by atoms with Crippen LogP contribution in [0.15, 0.2) is 0 Å². The summed E-state index contributed by atoms with van der Waals surface area (Å²) in [4.78, 5) is 24.7. The van der Waals surface area contributed by atoms with Crippen molar-refractivity contribution in [3.63, 3.8) is 0 Å². The first-order chi connectivity index (χ1) is 14.9. The Balaban J connectivity index is 4.54. The summed E-state index contributed by atoms with van der Waals surface area (Å²) in [5.41, 5.74) is 6.07. The van der Waals surface area contributed by atoms with E-state index >= 15 is 0 Å². The number of hydrogen-bond donors (Lipinski definition) is 1. The molecule has 0 unspecified atom stereocenters. The molecule has 2 N–H and O–H groups in total. The lowest BCUT2D eigenvalue weighted by Gasteiger charge is -2.35. The van der Waals surface area contributed by atoms with E-state index in [2.05, 4.69) is 69.2 Å². The minimum absolute atomic E-state index is 0.133. The monoisotopic (exact) mass is 469 g/mol. The zero-order chi connectivity index (χ0) is 25.9. The van der Waals surface area contributed by atoms with E-state index < -0.39 is 18.0 Å². The molecule has 0 amide bonds. The van der Waals surface area contributed by atoms with Gasteiger partial charge in [-0.25, -0.2) is 0 Å². The molecular formula is C28H55NO4. The molecule has 0 spiro atoms. The third-order valence-electron chi connectivity index (χ3n) is 6.25. The number of esters is 2. The fourth-order valence-corrected chi connectivity index (χ4v) is 5.15. The van der Waals surface area contributed by atoms with Crippen molar-refractivity contribution in [3.05, 3.63) is 0 Å². The van der Waals surface area contributed by atoms with Crippen LogP contribution in [0.5, 0.6) is 0 Å². The first kappa shape index (κ1) is 31.9. The lowest BCUT2D eigenvalue weighted by atomic mass is 9.73. The van der Waals surface area contributed by atoms with Crippen LogP contribution in [0.4, 0.5) is 0 Å². The SMILES string of the molecule is CCCCC(C)(C)CC(C)(C)COC(=O)C[C@@H](N)C(=O)OCC(C)(C)CC(C)(C)CCCC. The highest BCUT2D eigenvalue weighted by Crippen LogP contribution is 2.38. The molecule has 0 fully saturated rings. The Morgan fingerprint density at radius 3 is 1.48 bits per heavy atom. The van der Waals surface area contributed by atoms with Gasteiger partial charge in [0, 0.05) is 0 Å². The Kier molecular flexibility index (Phi) is 13.2. The van der Waals surface area contributed by atoms with Gasteiger partial charge in [0.15, 0.2) is 0 Å². The molecule has 5 nitrogen and oxygen atoms in total. The van der Waals surface area contributed by atoms with Crippen LogP contribution in [0.2, 0.25) is 0 Å². The predicted octanol–water partition coefficient (Wildman–Crippen LogP) is 7.06. The summed E-state index contributed by atoms with van der Waals surface area (Å²) < 4.78 is 11.0. The summed E-state index contributed by atoms with van der Waals surface area (Å²) in [5.74, 6) is -0.981. The number of rotatable bonds is 17. The zero-order valence-electron chi connectivity index (χ0n) is 23.6. The second-order valence-electron chi connectivity index (χ2n) is 13.3. The highest BCUT2D eigenvalue weighted by Gasteiger charge is 2.32. The second-order valence-corrected chi connectivity index (χ2v) is 13.3. The highest BCUT2D eigenvalue weighted by atomic mass is 16.5. The van der Waals surface area contributed by atoms with Gasteiger partial charge >= 0.3 is 11.9 Å². The summed E-state index contributed by atoms with van der Waals surface area (Å²) in [5, 5.41) is 0. The smallest absolute Gasteiger partial charge is 0.323 e. The van der Waals surface area contributed by atoms with Gasteiger partial charge in [0.2, 0.25) is 0 Å². The maximum Gasteiger partial charge on any atom is 0.323 e. The highest BCUT2D eigenvalue weighted by molar-refractivity contribution is 5.82. The van der Waals surface area contributed by atoms with E-state index in [9.17, 15) is 9.59 Å². The topological polar surface area (TPSA) is 78.6 Å². The average Bonchev–Trinajstić information content (AvgIpc) is 2.66. The molecule has 5 heteroatoms. The fourth-order valence-electron chi connectivity index (χ4n) is 5.15. The number of nitrogens with two attached hydrogens (primary N) is 1. The Bertz CT molecular complexity index is 593. The molecule has 0 aliphatic carbocycles. The van der Waals surface area contributed by atoms with Crippen molar-refractivity contribution in [2.45, 2.75) is 133 Å². The van der Waals surface area contributed by atoms with Gasteiger partial charge in [0.25, 0.3) is 0 Å². The number of ether oxygens (including phenoxy) is 2. The molecule has 0 aromatic carbocycles. The molecule has 0 radical (unpaired) electrons. The van der Waals surface area contributed by atoms with Gasteiger partial charge in [-0.15, -0.1) is 0 Å². The summed E-state index contributed by atoms with van der Waals surface area (Å²) in [7, 11) is 0. The Hall–Kier alpha value is -1.10. The maximum atomic E-state index is 12.4. The third-order valence-corrected chi connectivity index (χ3v) is 6.25. The van der Waals surface area contributed by atoms with Crippen molar-refractivity contribution >= 4 is 11.9 Å². The van der Waals surface area contributed by atoms with Crippen LogP contribution in [0.1, 0.15) is 127 Å². The lowest BCUT2D eigenvalue weighted by Crippen LogP contribution is -2.38. The van der Waals surface area contributed by atoms with Crippen molar-refractivity contribution in [1.29, 1.82) is 0 Å². The van der Waals surface area contributed by atoms with Crippen molar-refractivity contribution in [3.8, 4) is 0 Å². The summed E-state index contributed by atoms with van der Waals surface area (Å²) >= 11 is 0. The Morgan fingerprint density at radius 2 is 1.09 bits per heavy atom. The van der Waals surface area contributed by atoms with Crippen molar-refractivity contribution in [1.82, 2.24) is 0 Å². The van der Waals surface area contributed by atoms with E-state index in [1.807, 2.05) is 0 Å². The number of hydrogen-bond acceptors (Lipinski definition) is 5. The summed E-state index contributed by atoms with van der Waals surface area (Å²) in [6.45, 7) is 22.5. The molecule has 0 saturated carbocycles. The quantitative estimate of drug-likeness (QED) is 0.231. The number of unbranched alkanes of at least 4 members (excludes halogenated alkanes) is 2. The van der Waals surface area contributed by atoms with Crippen LogP contribution in [-0.4, -0.2) is 31.2 Å². The molecule has 0 saturated heterocycles. The van der Waals surface area contributed by atoms with Gasteiger partial charge in [-0.05, 0) is 47.3 Å². The largest absolute Gasteiger partial charge is 0.465 e. The van der Waals surface area contributed by atoms with Crippen LogP contribution < -0.4 is 5.73 Å². The molecular weight excluding hydrogens is 414 g/mol. The van der Waals surface area contributed by atoms with E-state index in [-0.39, 0.29) is 28.1 Å². The molecule has 0 aromatic heterocycles. The van der Waals surface area contributed by atoms with Gasteiger partial charge in [-0.2, -0.15) is 0 Å². The van der Waals surface area contributed by atoms with E-state index in [0.717, 1.165) is 25.7 Å². The Morgan fingerprint density at radius 1 is 0.697 bits per heavy atom. The van der Waals surface area contributed by atoms with E-state index in [4.69, 9.17) is 15.2 Å². The second kappa shape index (κ2) is 13.7. The predicted molar refractivity (Wildman–Crippen MR) is 138 cm³/mol. The summed E-state index contributed by atoms with van der Waals surface area (Å²) in [6, 6.07) is -0.995. The standard InChI is InChI=1S/C28H55NO4/c1-11-13-15-25(3,4)18-27(7,8)20-32-23(30)17-22(29)24(31)33-21-28(9,10)19-26(5,6)16-14-12-2/h22H,11-21,29H2,1-10H3/t22-/m1/s1. The molecule has 0 aliphatic heterocycles. The minimum Gasteiger partial charge on any atom is -0.465 e. The summed E-state index contributed by atoms with van der Waals surface area (Å²) in [6.07, 6.45) is 8.83. The van der Waals surface area contributed by atoms with Crippen molar-refractivity contribution in [2.24, 2.45) is 27.4 Å². The lowest BCUT2D eigenvalue weighted by molar-refractivity contribution is -0.155. The molecule has 0 heterocycles. The maximum absolute atomic E-state index is 12.4. The van der Waals surface area contributed by atoms with E-state index in [1.54, 1.807) is 0 Å². The van der Waals surface area contributed by atoms with Crippen LogP contribution in [0.3, 0.4) is 0 Å². The van der Waals surface area contributed by atoms with Gasteiger partial charge in [-0.1, -0.05) is 94.9 Å². The Labute approximate surface area is 204 Å². The van der Waals surface area contributed by atoms with Crippen molar-refractivity contribution in [2.75, 3.05) is 13.2 Å². The molecule has 33 heavy (non-hydrogen) atoms. The van der Waals surface area contributed by atoms with Gasteiger partial charge in [-0.3, -0.25) is 9.59 Å². The zero-order valence-corrected chi connectivity index (χ0v) is 23.6. The van der Waals surface area contributed by atoms with E-state index in [0.29, 0.717) is 13.2 Å². The van der Waals surface area contributed by atoms with Crippen molar-refractivity contribution < 1.29 is 19.1 Å². The molecule has 0 aromatic rings. The van der Waals surface area contributed by atoms with Crippen LogP contribution in [0, 0.1) is 21.7 Å². The first-order valence-electron chi connectivity index (χ1n) is 13.0. The van der Waals surface area contributed by atoms with E-state index in [1.165, 1.54) is 25.7 Å². The number of carbonyl (C=O) groups is 2. The van der Waals surface area contributed by atoms with Crippen LogP contribution in [-0.2, 0) is 19.1 Å². The van der Waals surface area contributed by atoms with Crippen LogP contribution in [0.25, 0.3) is 0 Å². The fraction of sp³-hybridized carbons (Fsp3) is 0.929. The molecule has 196 valence electrons. The molecule has 0 aliphatic rings. The van der Waals surface area contributed by atoms with Gasteiger partial charge in [0.1, 0.15) is 6.04 Å². The average molecular weight is 470 g/mol. The molecule has 0 rings (SSSR count). The normalized spacial score (nSPS) is 14.2. The number of carbonyl (C=O) groups excluding carboxylic acids is 2. The minimum atomic E-state index is -0.995.